The molecule has 1 aromatic heterocycles. The number of nitrogens with one attached hydrogen (secondary N) is 2. The first-order chi connectivity index (χ1) is 5.38. The van der Waals surface area contributed by atoms with Gasteiger partial charge in [-0.25, -0.2) is 4.98 Å². The summed E-state index contributed by atoms with van der Waals surface area (Å²) in [6.07, 6.45) is 1.77. The van der Waals surface area contributed by atoms with E-state index in [1.807, 2.05) is 12.1 Å². The number of halogens is 1. The van der Waals surface area contributed by atoms with Gasteiger partial charge < -0.3 is 8.85 Å². The lowest BCUT2D eigenvalue weighted by Crippen LogP contribution is -1.99. The average Bonchev–Trinajstić information content (AvgIpc) is 2.06. The Balaban J connectivity index is 2.83. The number of hydrogen-bond donors (Lipinski definition) is 2. The number of hydrogen-bond acceptors (Lipinski definition) is 3. The minimum Gasteiger partial charge on any atom is -0.382 e. The van der Waals surface area contributed by atoms with Crippen molar-refractivity contribution in [2.24, 2.45) is 0 Å². The third-order valence-electron chi connectivity index (χ3n) is 1.26. The zero-order valence-corrected chi connectivity index (χ0v) is 8.42. The summed E-state index contributed by atoms with van der Waals surface area (Å²) in [5.74, 6) is 0.884. The van der Waals surface area contributed by atoms with Crippen molar-refractivity contribution in [1.29, 1.82) is 0 Å². The molecule has 2 N–H and O–H groups in total. The highest BCUT2D eigenvalue weighted by Gasteiger charge is 1.97. The molecule has 3 nitrogen and oxygen atoms in total. The molecule has 0 saturated carbocycles. The first-order valence-corrected chi connectivity index (χ1v) is 4.52. The van der Waals surface area contributed by atoms with E-state index in [-0.39, 0.29) is 0 Å². The average molecular weight is 263 g/mol. The first kappa shape index (κ1) is 8.58. The van der Waals surface area contributed by atoms with Crippen molar-refractivity contribution in [2.45, 2.75) is 6.92 Å². The highest BCUT2D eigenvalue weighted by molar-refractivity contribution is 14.1. The van der Waals surface area contributed by atoms with Gasteiger partial charge in [0.25, 0.3) is 0 Å². The van der Waals surface area contributed by atoms with Gasteiger partial charge in [-0.15, -0.1) is 0 Å². The van der Waals surface area contributed by atoms with Crippen LogP contribution in [0.15, 0.2) is 18.3 Å². The van der Waals surface area contributed by atoms with E-state index in [0.29, 0.717) is 0 Å². The van der Waals surface area contributed by atoms with Crippen LogP contribution in [0.5, 0.6) is 0 Å². The van der Waals surface area contributed by atoms with Crippen LogP contribution in [0.4, 0.5) is 11.5 Å². The highest BCUT2D eigenvalue weighted by Crippen LogP contribution is 2.18. The van der Waals surface area contributed by atoms with Gasteiger partial charge in [0.05, 0.1) is 28.6 Å². The molecule has 0 aliphatic rings. The Morgan fingerprint density at radius 1 is 1.64 bits per heavy atom. The zero-order valence-electron chi connectivity index (χ0n) is 6.26. The van der Waals surface area contributed by atoms with E-state index in [0.717, 1.165) is 18.1 Å². The van der Waals surface area contributed by atoms with Gasteiger partial charge in [0.1, 0.15) is 0 Å². The Kier molecular flexibility index (Phi) is 3.41. The summed E-state index contributed by atoms with van der Waals surface area (Å²) in [4.78, 5) is 4.13. The normalized spacial score (nSPS) is 9.27. The van der Waals surface area contributed by atoms with Crippen LogP contribution >= 0.6 is 22.9 Å². The second-order valence-corrected chi connectivity index (χ2v) is 2.56. The van der Waals surface area contributed by atoms with Crippen LogP contribution in [-0.2, 0) is 0 Å². The topological polar surface area (TPSA) is 37.0 Å². The summed E-state index contributed by atoms with van der Waals surface area (Å²) < 4.78 is 2.98. The summed E-state index contributed by atoms with van der Waals surface area (Å²) in [5.41, 5.74) is 1.05. The van der Waals surface area contributed by atoms with E-state index in [1.54, 1.807) is 6.20 Å². The molecule has 0 bridgehead atoms. The third-order valence-corrected chi connectivity index (χ3v) is 1.78. The zero-order chi connectivity index (χ0) is 8.10. The molecule has 0 atom stereocenters. The van der Waals surface area contributed by atoms with Crippen molar-refractivity contribution >= 4 is 34.4 Å². The monoisotopic (exact) mass is 263 g/mol. The van der Waals surface area contributed by atoms with Gasteiger partial charge in [0, 0.05) is 12.7 Å². The number of aromatic nitrogens is 1. The molecule has 0 aliphatic carbocycles. The van der Waals surface area contributed by atoms with Gasteiger partial charge >= 0.3 is 0 Å². The number of pyridine rings is 1. The molecular weight excluding hydrogens is 253 g/mol. The summed E-state index contributed by atoms with van der Waals surface area (Å²) in [5, 5.41) is 3.20. The van der Waals surface area contributed by atoms with Crippen molar-refractivity contribution in [1.82, 2.24) is 4.98 Å². The lowest BCUT2D eigenvalue weighted by molar-refractivity contribution is 1.20. The van der Waals surface area contributed by atoms with E-state index >= 15 is 0 Å². The maximum absolute atomic E-state index is 4.13. The van der Waals surface area contributed by atoms with Gasteiger partial charge in [-0.1, -0.05) is 0 Å². The van der Waals surface area contributed by atoms with Gasteiger partial charge in [0.15, 0.2) is 5.82 Å². The summed E-state index contributed by atoms with van der Waals surface area (Å²) in [6, 6.07) is 3.91. The maximum atomic E-state index is 4.13. The predicted molar refractivity (Wildman–Crippen MR) is 56.0 cm³/mol. The van der Waals surface area contributed by atoms with Crippen molar-refractivity contribution in [3.63, 3.8) is 0 Å². The number of nitrogens with zero attached hydrogens (tertiary/aromatic N) is 1. The van der Waals surface area contributed by atoms with E-state index in [4.69, 9.17) is 0 Å². The molecule has 0 amide bonds. The Morgan fingerprint density at radius 2 is 2.45 bits per heavy atom. The Morgan fingerprint density at radius 3 is 3.09 bits per heavy atom. The predicted octanol–water partition coefficient (Wildman–Crippen LogP) is 2.28. The largest absolute Gasteiger partial charge is 0.382 e. The molecule has 0 saturated heterocycles. The molecule has 1 rings (SSSR count). The molecule has 11 heavy (non-hydrogen) atoms. The third kappa shape index (κ3) is 2.21. The molecular formula is C7H10IN3. The van der Waals surface area contributed by atoms with Crippen molar-refractivity contribution < 1.29 is 0 Å². The van der Waals surface area contributed by atoms with Crippen LogP contribution in [-0.4, -0.2) is 11.5 Å². The molecule has 0 unspecified atom stereocenters. The summed E-state index contributed by atoms with van der Waals surface area (Å²) >= 11 is 2.07. The Hall–Kier alpha value is -0.520. The van der Waals surface area contributed by atoms with E-state index < -0.39 is 0 Å². The van der Waals surface area contributed by atoms with Crippen LogP contribution < -0.4 is 8.85 Å². The molecule has 0 radical (unpaired) electrons. The number of rotatable bonds is 3. The van der Waals surface area contributed by atoms with Crippen LogP contribution in [0.3, 0.4) is 0 Å². The quantitative estimate of drug-likeness (QED) is 0.648. The molecule has 0 aromatic carbocycles. The Labute approximate surface area is 80.1 Å². The standard InChI is InChI=1S/C7H10IN3/c1-2-9-6-4-3-5-10-7(6)11-8/h3-5,9H,2H2,1H3,(H,10,11). The molecule has 1 aromatic rings. The second-order valence-electron chi connectivity index (χ2n) is 2.02. The van der Waals surface area contributed by atoms with Crippen molar-refractivity contribution in [3.05, 3.63) is 18.3 Å². The molecule has 0 fully saturated rings. The lowest BCUT2D eigenvalue weighted by Gasteiger charge is -2.06. The van der Waals surface area contributed by atoms with Gasteiger partial charge in [-0.3, -0.25) is 0 Å². The SMILES string of the molecule is CCNc1cccnc1NI. The van der Waals surface area contributed by atoms with Gasteiger partial charge in [-0.05, 0) is 19.1 Å². The molecule has 0 spiro atoms. The van der Waals surface area contributed by atoms with Crippen molar-refractivity contribution in [3.8, 4) is 0 Å². The van der Waals surface area contributed by atoms with E-state index in [1.165, 1.54) is 0 Å². The van der Waals surface area contributed by atoms with E-state index in [9.17, 15) is 0 Å². The fourth-order valence-corrected chi connectivity index (χ4v) is 1.24. The van der Waals surface area contributed by atoms with Gasteiger partial charge in [0.2, 0.25) is 0 Å². The Bertz CT molecular complexity index is 227. The second kappa shape index (κ2) is 4.38. The fourth-order valence-electron chi connectivity index (χ4n) is 0.814. The first-order valence-electron chi connectivity index (χ1n) is 3.44. The lowest BCUT2D eigenvalue weighted by atomic mass is 10.4. The molecule has 4 heteroatoms. The van der Waals surface area contributed by atoms with Crippen LogP contribution in [0.25, 0.3) is 0 Å². The van der Waals surface area contributed by atoms with Crippen LogP contribution in [0.2, 0.25) is 0 Å². The summed E-state index contributed by atoms with van der Waals surface area (Å²) in [7, 11) is 0. The maximum Gasteiger partial charge on any atom is 0.158 e. The minimum absolute atomic E-state index is 0.884. The minimum atomic E-state index is 0.884. The van der Waals surface area contributed by atoms with Crippen molar-refractivity contribution in [2.75, 3.05) is 15.4 Å². The molecule has 0 aliphatic heterocycles. The van der Waals surface area contributed by atoms with Crippen LogP contribution in [0, 0.1) is 0 Å². The number of anilines is 2. The highest BCUT2D eigenvalue weighted by atomic mass is 127. The van der Waals surface area contributed by atoms with Crippen LogP contribution in [0.1, 0.15) is 6.92 Å². The molecule has 60 valence electrons. The smallest absolute Gasteiger partial charge is 0.158 e. The fraction of sp³-hybridized carbons (Fsp3) is 0.286. The molecule has 1 heterocycles. The summed E-state index contributed by atoms with van der Waals surface area (Å²) in [6.45, 7) is 2.97. The van der Waals surface area contributed by atoms with E-state index in [2.05, 4.69) is 43.6 Å². The van der Waals surface area contributed by atoms with Gasteiger partial charge in [-0.2, -0.15) is 0 Å².